The number of ether oxygens (including phenoxy) is 3. The molecule has 0 fully saturated rings. The highest BCUT2D eigenvalue weighted by Crippen LogP contribution is 2.53. The summed E-state index contributed by atoms with van der Waals surface area (Å²) in [6.07, 6.45) is -1.37. The second-order valence-electron chi connectivity index (χ2n) is 11.1. The van der Waals surface area contributed by atoms with E-state index in [1.54, 1.807) is 18.2 Å². The molecule has 2 N–H and O–H groups in total. The lowest BCUT2D eigenvalue weighted by Gasteiger charge is -2.55. The lowest BCUT2D eigenvalue weighted by molar-refractivity contribution is -0.126. The van der Waals surface area contributed by atoms with Crippen molar-refractivity contribution in [1.82, 2.24) is 4.72 Å². The zero-order chi connectivity index (χ0) is 32.7. The summed E-state index contributed by atoms with van der Waals surface area (Å²) in [4.78, 5) is 26.3. The molecule has 44 heavy (non-hydrogen) atoms. The maximum Gasteiger partial charge on any atom is 0.335 e. The van der Waals surface area contributed by atoms with Crippen LogP contribution in [0.3, 0.4) is 0 Å². The highest BCUT2D eigenvalue weighted by atomic mass is 32.2. The molecule has 4 rings (SSSR count). The van der Waals surface area contributed by atoms with Crippen LogP contribution in [0.25, 0.3) is 0 Å². The van der Waals surface area contributed by atoms with Gasteiger partial charge in [-0.2, -0.15) is 0 Å². The van der Waals surface area contributed by atoms with E-state index in [1.807, 2.05) is 38.1 Å². The van der Waals surface area contributed by atoms with Gasteiger partial charge in [-0.05, 0) is 65.3 Å². The van der Waals surface area contributed by atoms with Crippen molar-refractivity contribution < 1.29 is 28.9 Å². The maximum absolute atomic E-state index is 13.7. The summed E-state index contributed by atoms with van der Waals surface area (Å²) in [6.45, 7) is 3.76. The van der Waals surface area contributed by atoms with E-state index in [1.165, 1.54) is 12.1 Å². The van der Waals surface area contributed by atoms with Gasteiger partial charge in [0.05, 0.1) is 44.8 Å². The standard InChI is InChI=1S/C28H21B8NO6S/c1-25(2,29)16-5-7-17(8-6-16)44-37-23(38)22(14-3-10-20-21(12-14)42-13-41-20)43-19-9-4-15(24(39)40)11-18(19)26(30,31)27(32,33)28(34,35)36/h3-12,22H,13H2,1-2H3,(H,37,38)(H,39,40). The van der Waals surface area contributed by atoms with Gasteiger partial charge in [-0.1, -0.05) is 42.8 Å². The molecular weight excluding hydrogens is 565 g/mol. The molecule has 16 heteroatoms. The first-order chi connectivity index (χ1) is 20.3. The molecule has 1 amide bonds. The fourth-order valence-electron chi connectivity index (χ4n) is 4.26. The maximum atomic E-state index is 13.7. The van der Waals surface area contributed by atoms with Crippen molar-refractivity contribution in [2.24, 2.45) is 0 Å². The molecule has 0 saturated heterocycles. The van der Waals surface area contributed by atoms with Gasteiger partial charge in [0.15, 0.2) is 11.5 Å². The molecule has 0 saturated carbocycles. The number of hydrogen-bond donors (Lipinski definition) is 2. The summed E-state index contributed by atoms with van der Waals surface area (Å²) < 4.78 is 19.9. The third-order valence-electron chi connectivity index (χ3n) is 7.12. The Morgan fingerprint density at radius 1 is 0.886 bits per heavy atom. The Balaban J connectivity index is 1.74. The summed E-state index contributed by atoms with van der Waals surface area (Å²) in [5.41, 5.74) is 0.771. The molecule has 0 spiro atoms. The van der Waals surface area contributed by atoms with Crippen molar-refractivity contribution in [3.8, 4) is 17.2 Å². The normalized spacial score (nSPS) is 14.0. The Bertz CT molecular complexity index is 1560. The average Bonchev–Trinajstić information content (AvgIpc) is 3.41. The summed E-state index contributed by atoms with van der Waals surface area (Å²) >= 11 is 1.04. The van der Waals surface area contributed by atoms with Crippen LogP contribution >= 0.6 is 11.9 Å². The average molecular weight is 586 g/mol. The molecule has 1 aliphatic heterocycles. The van der Waals surface area contributed by atoms with Gasteiger partial charge >= 0.3 is 5.97 Å². The largest absolute Gasteiger partial charge is 0.478 e. The summed E-state index contributed by atoms with van der Waals surface area (Å²) in [7, 11) is 48.6. The zero-order valence-electron chi connectivity index (χ0n) is 24.1. The lowest BCUT2D eigenvalue weighted by Crippen LogP contribution is -2.51. The number of aromatic carboxylic acids is 1. The van der Waals surface area contributed by atoms with Crippen LogP contribution in [0.1, 0.15) is 47.0 Å². The summed E-state index contributed by atoms with van der Waals surface area (Å²) in [5, 5.41) is 1.96. The number of carbonyl (C=O) groups excluding carboxylic acids is 1. The molecule has 7 nitrogen and oxygen atoms in total. The Labute approximate surface area is 272 Å². The molecule has 3 aromatic carbocycles. The molecule has 3 aromatic rings. The van der Waals surface area contributed by atoms with E-state index in [2.05, 4.69) is 4.72 Å². The van der Waals surface area contributed by atoms with Gasteiger partial charge in [0.1, 0.15) is 5.75 Å². The number of hydrogen-bond acceptors (Lipinski definition) is 6. The molecule has 1 aliphatic rings. The van der Waals surface area contributed by atoms with E-state index in [9.17, 15) is 14.7 Å². The predicted molar refractivity (Wildman–Crippen MR) is 176 cm³/mol. The Hall–Kier alpha value is -3.13. The van der Waals surface area contributed by atoms with Crippen LogP contribution in [0, 0.1) is 0 Å². The van der Waals surface area contributed by atoms with Crippen LogP contribution < -0.4 is 18.9 Å². The predicted octanol–water partition coefficient (Wildman–Crippen LogP) is 1.98. The van der Waals surface area contributed by atoms with Crippen LogP contribution in [0.5, 0.6) is 17.2 Å². The van der Waals surface area contributed by atoms with E-state index < -0.39 is 38.8 Å². The van der Waals surface area contributed by atoms with Crippen molar-refractivity contribution in [2.75, 3.05) is 6.79 Å². The number of nitrogens with one attached hydrogen (secondary N) is 1. The number of amides is 1. The van der Waals surface area contributed by atoms with Gasteiger partial charge in [-0.15, -0.1) is 10.3 Å². The Morgan fingerprint density at radius 3 is 2.11 bits per heavy atom. The first kappa shape index (κ1) is 33.8. The van der Waals surface area contributed by atoms with Crippen molar-refractivity contribution in [1.29, 1.82) is 0 Å². The molecule has 0 aliphatic carbocycles. The zero-order valence-corrected chi connectivity index (χ0v) is 24.9. The fourth-order valence-corrected chi connectivity index (χ4v) is 4.86. The Morgan fingerprint density at radius 2 is 1.52 bits per heavy atom. The van der Waals surface area contributed by atoms with E-state index in [0.717, 1.165) is 23.6 Å². The molecule has 0 bridgehead atoms. The van der Waals surface area contributed by atoms with Gasteiger partial charge in [0.2, 0.25) is 12.9 Å². The van der Waals surface area contributed by atoms with E-state index in [4.69, 9.17) is 77.0 Å². The number of benzene rings is 3. The smallest absolute Gasteiger partial charge is 0.335 e. The van der Waals surface area contributed by atoms with Crippen LogP contribution in [0.4, 0.5) is 0 Å². The van der Waals surface area contributed by atoms with Gasteiger partial charge in [-0.25, -0.2) is 4.79 Å². The highest BCUT2D eigenvalue weighted by molar-refractivity contribution is 7.98. The quantitative estimate of drug-likeness (QED) is 0.263. The highest BCUT2D eigenvalue weighted by Gasteiger charge is 2.44. The minimum absolute atomic E-state index is 0.000273. The van der Waals surface area contributed by atoms with Crippen molar-refractivity contribution >= 4 is 86.6 Å². The lowest BCUT2D eigenvalue weighted by atomic mass is 9.13. The number of fused-ring (bicyclic) bond motifs is 1. The molecule has 204 valence electrons. The van der Waals surface area contributed by atoms with Crippen LogP contribution in [0.2, 0.25) is 10.3 Å². The second kappa shape index (κ2) is 12.3. The van der Waals surface area contributed by atoms with Crippen molar-refractivity contribution in [2.45, 2.75) is 45.7 Å². The summed E-state index contributed by atoms with van der Waals surface area (Å²) in [5.74, 6) is -1.23. The SMILES string of the molecule is [B]C(C)(C)c1ccc(SNC(=O)C(Oc2ccc(C(=O)O)cc2C([B])([B])C([B])([B])C([B])([B])[B])c2ccc3c(c2)OCO3)cc1. The third-order valence-corrected chi connectivity index (χ3v) is 7.93. The van der Waals surface area contributed by atoms with Gasteiger partial charge in [0, 0.05) is 34.0 Å². The van der Waals surface area contributed by atoms with Crippen LogP contribution in [-0.2, 0) is 15.3 Å². The minimum Gasteiger partial charge on any atom is -0.478 e. The summed E-state index contributed by atoms with van der Waals surface area (Å²) in [6, 6.07) is 15.7. The molecule has 0 aromatic heterocycles. The van der Waals surface area contributed by atoms with Gasteiger partial charge in [-0.3, -0.25) is 9.52 Å². The molecular formula is C28H21B8NO6S. The molecule has 1 unspecified atom stereocenters. The minimum atomic E-state index is -2.42. The number of rotatable bonds is 11. The van der Waals surface area contributed by atoms with Crippen LogP contribution in [0.15, 0.2) is 65.6 Å². The molecule has 1 heterocycles. The van der Waals surface area contributed by atoms with E-state index in [0.29, 0.717) is 22.0 Å². The number of carboxylic acids is 1. The topological polar surface area (TPSA) is 94.1 Å². The van der Waals surface area contributed by atoms with Crippen molar-refractivity contribution in [3.63, 3.8) is 0 Å². The Kier molecular flexibility index (Phi) is 9.47. The second-order valence-corrected chi connectivity index (χ2v) is 12.0. The fraction of sp³-hybridized carbons (Fsp3) is 0.286. The van der Waals surface area contributed by atoms with E-state index in [-0.39, 0.29) is 23.7 Å². The first-order valence-electron chi connectivity index (χ1n) is 13.1. The van der Waals surface area contributed by atoms with Gasteiger partial charge in [0.25, 0.3) is 5.91 Å². The first-order valence-corrected chi connectivity index (χ1v) is 14.0. The van der Waals surface area contributed by atoms with Gasteiger partial charge < -0.3 is 19.3 Å². The number of carbonyl (C=O) groups is 2. The van der Waals surface area contributed by atoms with E-state index >= 15 is 0 Å². The van der Waals surface area contributed by atoms with Crippen molar-refractivity contribution in [3.05, 3.63) is 82.9 Å². The third kappa shape index (κ3) is 6.90. The number of carboxylic acid groups (broad SMARTS) is 1. The monoisotopic (exact) mass is 587 g/mol. The molecule has 16 radical (unpaired) electrons. The van der Waals surface area contributed by atoms with Crippen LogP contribution in [-0.4, -0.2) is 86.5 Å². The molecule has 1 atom stereocenters.